The van der Waals surface area contributed by atoms with Crippen molar-refractivity contribution in [2.24, 2.45) is 5.10 Å². The zero-order chi connectivity index (χ0) is 17.8. The second-order valence-corrected chi connectivity index (χ2v) is 6.19. The van der Waals surface area contributed by atoms with Crippen LogP contribution in [0.15, 0.2) is 45.2 Å². The van der Waals surface area contributed by atoms with Crippen LogP contribution in [0, 0.1) is 6.92 Å². The number of hydrazone groups is 1. The van der Waals surface area contributed by atoms with Crippen LogP contribution in [0.5, 0.6) is 11.5 Å². The number of aromatic nitrogens is 1. The normalized spacial score (nSPS) is 11.4. The summed E-state index contributed by atoms with van der Waals surface area (Å²) in [5.74, 6) is 2.95. The fourth-order valence-corrected chi connectivity index (χ4v) is 2.93. The summed E-state index contributed by atoms with van der Waals surface area (Å²) in [5, 5.41) is 6.99. The topological polar surface area (TPSA) is 68.9 Å². The van der Waals surface area contributed by atoms with Gasteiger partial charge in [0.2, 0.25) is 5.13 Å². The largest absolute Gasteiger partial charge is 0.493 e. The number of rotatable bonds is 6. The zero-order valence-electron chi connectivity index (χ0n) is 14.5. The molecule has 2 heterocycles. The minimum atomic E-state index is 0.671. The first-order valence-electron chi connectivity index (χ1n) is 7.65. The highest BCUT2D eigenvalue weighted by atomic mass is 32.1. The van der Waals surface area contributed by atoms with E-state index in [1.807, 2.05) is 49.6 Å². The smallest absolute Gasteiger partial charge is 0.203 e. The predicted octanol–water partition coefficient (Wildman–Crippen LogP) is 4.56. The van der Waals surface area contributed by atoms with Gasteiger partial charge in [-0.05, 0) is 44.2 Å². The molecular weight excluding hydrogens is 338 g/mol. The van der Waals surface area contributed by atoms with Crippen molar-refractivity contribution in [3.8, 4) is 22.8 Å². The Morgan fingerprint density at radius 2 is 1.96 bits per heavy atom. The SMILES string of the molecule is COc1ccc(-c2csc(N/N=C(/C)c3ccc(C)o3)n2)cc1OC. The Hall–Kier alpha value is -2.80. The Bertz CT molecular complexity index is 899. The van der Waals surface area contributed by atoms with Gasteiger partial charge >= 0.3 is 0 Å². The Morgan fingerprint density at radius 3 is 2.64 bits per heavy atom. The maximum Gasteiger partial charge on any atom is 0.203 e. The van der Waals surface area contributed by atoms with Gasteiger partial charge in [-0.1, -0.05) is 0 Å². The van der Waals surface area contributed by atoms with E-state index in [-0.39, 0.29) is 0 Å². The first-order chi connectivity index (χ1) is 12.1. The zero-order valence-corrected chi connectivity index (χ0v) is 15.3. The molecular formula is C18H19N3O3S. The molecule has 25 heavy (non-hydrogen) atoms. The Labute approximate surface area is 150 Å². The second kappa shape index (κ2) is 7.40. The molecule has 0 fully saturated rings. The van der Waals surface area contributed by atoms with E-state index >= 15 is 0 Å². The standard InChI is InChI=1S/C18H19N3O3S/c1-11-5-7-15(24-11)12(2)20-21-18-19-14(10-25-18)13-6-8-16(22-3)17(9-13)23-4/h5-10H,1-4H3,(H,19,21)/b20-12-. The highest BCUT2D eigenvalue weighted by Crippen LogP contribution is 2.33. The number of hydrogen-bond donors (Lipinski definition) is 1. The summed E-state index contributed by atoms with van der Waals surface area (Å²) in [5.41, 5.74) is 5.52. The van der Waals surface area contributed by atoms with E-state index in [1.54, 1.807) is 14.2 Å². The lowest BCUT2D eigenvalue weighted by Gasteiger charge is -2.08. The van der Waals surface area contributed by atoms with Crippen LogP contribution < -0.4 is 14.9 Å². The van der Waals surface area contributed by atoms with Crippen molar-refractivity contribution in [2.75, 3.05) is 19.6 Å². The molecule has 0 bridgehead atoms. The van der Waals surface area contributed by atoms with Crippen LogP contribution in [0.1, 0.15) is 18.4 Å². The molecule has 1 N–H and O–H groups in total. The van der Waals surface area contributed by atoms with E-state index < -0.39 is 0 Å². The summed E-state index contributed by atoms with van der Waals surface area (Å²) in [4.78, 5) is 4.56. The molecule has 0 aliphatic rings. The van der Waals surface area contributed by atoms with E-state index in [0.717, 1.165) is 28.5 Å². The second-order valence-electron chi connectivity index (χ2n) is 5.33. The van der Waals surface area contributed by atoms with Crippen LogP contribution >= 0.6 is 11.3 Å². The molecule has 3 aromatic rings. The summed E-state index contributed by atoms with van der Waals surface area (Å²) in [6.07, 6.45) is 0. The predicted molar refractivity (Wildman–Crippen MR) is 99.9 cm³/mol. The maximum absolute atomic E-state index is 5.54. The lowest BCUT2D eigenvalue weighted by molar-refractivity contribution is 0.355. The Morgan fingerprint density at radius 1 is 1.16 bits per heavy atom. The van der Waals surface area contributed by atoms with Crippen molar-refractivity contribution in [2.45, 2.75) is 13.8 Å². The van der Waals surface area contributed by atoms with Gasteiger partial charge in [-0.15, -0.1) is 11.3 Å². The molecule has 0 atom stereocenters. The minimum Gasteiger partial charge on any atom is -0.493 e. The van der Waals surface area contributed by atoms with Gasteiger partial charge in [-0.2, -0.15) is 5.10 Å². The fourth-order valence-electron chi connectivity index (χ4n) is 2.27. The molecule has 0 saturated heterocycles. The average molecular weight is 357 g/mol. The van der Waals surface area contributed by atoms with Gasteiger partial charge in [0.1, 0.15) is 17.2 Å². The molecule has 2 aromatic heterocycles. The first kappa shape index (κ1) is 17.0. The molecule has 130 valence electrons. The summed E-state index contributed by atoms with van der Waals surface area (Å²) in [6.45, 7) is 3.79. The van der Waals surface area contributed by atoms with Crippen LogP contribution in [-0.4, -0.2) is 24.9 Å². The molecule has 0 spiro atoms. The highest BCUT2D eigenvalue weighted by molar-refractivity contribution is 7.14. The number of thiazole rings is 1. The number of nitrogens with one attached hydrogen (secondary N) is 1. The van der Waals surface area contributed by atoms with E-state index in [1.165, 1.54) is 11.3 Å². The third-order valence-corrected chi connectivity index (χ3v) is 4.35. The summed E-state index contributed by atoms with van der Waals surface area (Å²) in [6, 6.07) is 9.51. The van der Waals surface area contributed by atoms with Crippen LogP contribution in [0.2, 0.25) is 0 Å². The fraction of sp³-hybridized carbons (Fsp3) is 0.222. The molecule has 0 radical (unpaired) electrons. The molecule has 3 rings (SSSR count). The summed E-state index contributed by atoms with van der Waals surface area (Å²) >= 11 is 1.48. The first-order valence-corrected chi connectivity index (χ1v) is 8.53. The number of aryl methyl sites for hydroxylation is 1. The van der Waals surface area contributed by atoms with Crippen LogP contribution in [0.25, 0.3) is 11.3 Å². The molecule has 0 aliphatic carbocycles. The lowest BCUT2D eigenvalue weighted by Crippen LogP contribution is -1.98. The molecule has 0 saturated carbocycles. The summed E-state index contributed by atoms with van der Waals surface area (Å²) in [7, 11) is 3.23. The number of nitrogens with zero attached hydrogens (tertiary/aromatic N) is 2. The molecule has 0 aliphatic heterocycles. The Balaban J connectivity index is 1.76. The quantitative estimate of drug-likeness (QED) is 0.517. The van der Waals surface area contributed by atoms with Crippen LogP contribution in [0.3, 0.4) is 0 Å². The van der Waals surface area contributed by atoms with Crippen molar-refractivity contribution in [1.82, 2.24) is 4.98 Å². The number of ether oxygens (including phenoxy) is 2. The van der Waals surface area contributed by atoms with Crippen molar-refractivity contribution < 1.29 is 13.9 Å². The highest BCUT2D eigenvalue weighted by Gasteiger charge is 2.09. The van der Waals surface area contributed by atoms with Gasteiger partial charge in [-0.25, -0.2) is 4.98 Å². The molecule has 0 unspecified atom stereocenters. The van der Waals surface area contributed by atoms with Crippen molar-refractivity contribution in [3.63, 3.8) is 0 Å². The van der Waals surface area contributed by atoms with Crippen LogP contribution in [0.4, 0.5) is 5.13 Å². The minimum absolute atomic E-state index is 0.671. The number of methoxy groups -OCH3 is 2. The number of furan rings is 1. The van der Waals surface area contributed by atoms with Crippen molar-refractivity contribution in [1.29, 1.82) is 0 Å². The van der Waals surface area contributed by atoms with E-state index in [2.05, 4.69) is 15.5 Å². The molecule has 6 nitrogen and oxygen atoms in total. The third-order valence-electron chi connectivity index (χ3n) is 3.60. The lowest BCUT2D eigenvalue weighted by atomic mass is 10.1. The van der Waals surface area contributed by atoms with E-state index in [9.17, 15) is 0 Å². The van der Waals surface area contributed by atoms with E-state index in [0.29, 0.717) is 16.6 Å². The van der Waals surface area contributed by atoms with Gasteiger partial charge in [0.15, 0.2) is 11.5 Å². The Kier molecular flexibility index (Phi) is 5.04. The maximum atomic E-state index is 5.54. The van der Waals surface area contributed by atoms with Crippen molar-refractivity contribution in [3.05, 3.63) is 47.2 Å². The van der Waals surface area contributed by atoms with Gasteiger partial charge in [-0.3, -0.25) is 5.43 Å². The number of hydrogen-bond acceptors (Lipinski definition) is 7. The van der Waals surface area contributed by atoms with Gasteiger partial charge < -0.3 is 13.9 Å². The van der Waals surface area contributed by atoms with Crippen molar-refractivity contribution >= 4 is 22.2 Å². The van der Waals surface area contributed by atoms with Gasteiger partial charge in [0, 0.05) is 10.9 Å². The third kappa shape index (κ3) is 3.83. The molecule has 7 heteroatoms. The monoisotopic (exact) mass is 357 g/mol. The van der Waals surface area contributed by atoms with Crippen LogP contribution in [-0.2, 0) is 0 Å². The number of anilines is 1. The van der Waals surface area contributed by atoms with Gasteiger partial charge in [0.25, 0.3) is 0 Å². The average Bonchev–Trinajstić information content (AvgIpc) is 3.28. The molecule has 0 amide bonds. The number of benzene rings is 1. The summed E-state index contributed by atoms with van der Waals surface area (Å²) < 4.78 is 16.1. The van der Waals surface area contributed by atoms with E-state index in [4.69, 9.17) is 13.9 Å². The van der Waals surface area contributed by atoms with Gasteiger partial charge in [0.05, 0.1) is 19.9 Å². The molecule has 1 aromatic carbocycles.